The van der Waals surface area contributed by atoms with Crippen LogP contribution in [-0.2, 0) is 0 Å². The fraction of sp³-hybridized carbons (Fsp3) is 1.00. The van der Waals surface area contributed by atoms with Crippen LogP contribution in [0.4, 0.5) is 0 Å². The van der Waals surface area contributed by atoms with Crippen molar-refractivity contribution in [2.45, 2.75) is 245 Å². The van der Waals surface area contributed by atoms with Crippen LogP contribution in [0.25, 0.3) is 0 Å². The maximum Gasteiger partial charge on any atom is 0.0755 e. The number of unbranched alkanes of at least 4 members (excludes halogenated alkanes) is 34. The number of quaternary nitrogens is 1. The first-order valence-electron chi connectivity index (χ1n) is 20.2. The third-order valence-corrected chi connectivity index (χ3v) is 9.52. The van der Waals surface area contributed by atoms with E-state index in [0.717, 1.165) is 0 Å². The molecule has 0 aromatic heterocycles. The summed E-state index contributed by atoms with van der Waals surface area (Å²) in [6.45, 7) is 7.36. The summed E-state index contributed by atoms with van der Waals surface area (Å²) < 4.78 is 0. The zero-order valence-corrected chi connectivity index (χ0v) is 30.6. The Labute approximate surface area is 275 Å². The zero-order chi connectivity index (χ0) is 29.6. The summed E-state index contributed by atoms with van der Waals surface area (Å²) in [5.74, 6) is 0. The van der Waals surface area contributed by atoms with Crippen LogP contribution < -0.4 is 17.7 Å². The molecule has 0 unspecified atom stereocenters. The minimum atomic E-state index is 0. The highest BCUT2D eigenvalue weighted by molar-refractivity contribution is 4.52. The van der Waals surface area contributed by atoms with Crippen LogP contribution in [0.2, 0.25) is 0 Å². The SMILES string of the molecule is CCCCCCCCCCCCCCCCCCCC[NH2+]CCCCCCCCCCCCCCCCCCCC.[Cl-]. The van der Waals surface area contributed by atoms with E-state index in [0.29, 0.717) is 0 Å². The maximum absolute atomic E-state index is 2.60. The molecule has 0 radical (unpaired) electrons. The molecule has 1 nitrogen and oxygen atoms in total. The van der Waals surface area contributed by atoms with Gasteiger partial charge in [-0.25, -0.2) is 0 Å². The molecule has 0 heterocycles. The molecule has 0 amide bonds. The number of nitrogens with two attached hydrogens (primary N) is 1. The molecule has 0 aliphatic carbocycles. The molecule has 0 aromatic rings. The molecular formula is C40H84ClN. The summed E-state index contributed by atoms with van der Waals surface area (Å²) in [5.41, 5.74) is 0. The van der Waals surface area contributed by atoms with Gasteiger partial charge in [0.1, 0.15) is 0 Å². The summed E-state index contributed by atoms with van der Waals surface area (Å²) in [7, 11) is 0. The van der Waals surface area contributed by atoms with E-state index in [1.807, 2.05) is 0 Å². The van der Waals surface area contributed by atoms with Crippen molar-refractivity contribution in [3.05, 3.63) is 0 Å². The third-order valence-electron chi connectivity index (χ3n) is 9.52. The van der Waals surface area contributed by atoms with Crippen molar-refractivity contribution in [1.82, 2.24) is 0 Å². The topological polar surface area (TPSA) is 16.6 Å². The Morgan fingerprint density at radius 3 is 0.524 bits per heavy atom. The van der Waals surface area contributed by atoms with E-state index < -0.39 is 0 Å². The zero-order valence-electron chi connectivity index (χ0n) is 29.8. The number of hydrogen-bond donors (Lipinski definition) is 1. The normalized spacial score (nSPS) is 11.3. The average molecular weight is 615 g/mol. The molecule has 0 aliphatic heterocycles. The summed E-state index contributed by atoms with van der Waals surface area (Å²) in [6.07, 6.45) is 53.0. The van der Waals surface area contributed by atoms with Crippen LogP contribution in [0.1, 0.15) is 245 Å². The summed E-state index contributed by atoms with van der Waals surface area (Å²) in [4.78, 5) is 0. The van der Waals surface area contributed by atoms with E-state index in [4.69, 9.17) is 0 Å². The van der Waals surface area contributed by atoms with Crippen LogP contribution >= 0.6 is 0 Å². The van der Waals surface area contributed by atoms with Gasteiger partial charge in [0.05, 0.1) is 13.1 Å². The third kappa shape index (κ3) is 42.4. The van der Waals surface area contributed by atoms with E-state index in [9.17, 15) is 0 Å². The Bertz CT molecular complexity index is 388. The Kier molecular flexibility index (Phi) is 45.8. The first-order valence-corrected chi connectivity index (χ1v) is 20.2. The maximum atomic E-state index is 2.60. The highest BCUT2D eigenvalue weighted by atomic mass is 35.5. The monoisotopic (exact) mass is 614 g/mol. The molecule has 0 saturated heterocycles. The predicted octanol–water partition coefficient (Wildman–Crippen LogP) is 10.6. The Morgan fingerprint density at radius 1 is 0.214 bits per heavy atom. The molecule has 0 bridgehead atoms. The van der Waals surface area contributed by atoms with E-state index in [1.54, 1.807) is 0 Å². The van der Waals surface area contributed by atoms with Crippen molar-refractivity contribution < 1.29 is 17.7 Å². The molecule has 0 rings (SSSR count). The molecule has 42 heavy (non-hydrogen) atoms. The fourth-order valence-corrected chi connectivity index (χ4v) is 6.52. The second kappa shape index (κ2) is 43.4. The van der Waals surface area contributed by atoms with Crippen LogP contribution in [-0.4, -0.2) is 13.1 Å². The van der Waals surface area contributed by atoms with E-state index in [-0.39, 0.29) is 12.4 Å². The van der Waals surface area contributed by atoms with Gasteiger partial charge in [-0.05, 0) is 25.7 Å². The molecule has 0 aromatic carbocycles. The van der Waals surface area contributed by atoms with Crippen LogP contribution in [0.15, 0.2) is 0 Å². The second-order valence-corrected chi connectivity index (χ2v) is 13.9. The molecule has 0 atom stereocenters. The predicted molar refractivity (Wildman–Crippen MR) is 189 cm³/mol. The lowest BCUT2D eigenvalue weighted by Crippen LogP contribution is -3.00. The molecule has 0 saturated carbocycles. The summed E-state index contributed by atoms with van der Waals surface area (Å²) in [6, 6.07) is 0. The van der Waals surface area contributed by atoms with E-state index >= 15 is 0 Å². The minimum absolute atomic E-state index is 0. The van der Waals surface area contributed by atoms with E-state index in [1.165, 1.54) is 244 Å². The standard InChI is InChI=1S/C40H83N.ClH/c1-3-5-7-9-11-13-15-17-19-21-23-25-27-29-31-33-35-37-39-41-40-38-36-34-32-30-28-26-24-22-20-18-16-14-12-10-8-6-4-2;/h41H,3-40H2,1-2H3;1H. The lowest BCUT2D eigenvalue weighted by molar-refractivity contribution is -0.655. The Balaban J connectivity index is 0. The quantitative estimate of drug-likeness (QED) is 0.0667. The van der Waals surface area contributed by atoms with Crippen LogP contribution in [0.3, 0.4) is 0 Å². The largest absolute Gasteiger partial charge is 1.00 e. The van der Waals surface area contributed by atoms with Gasteiger partial charge in [-0.2, -0.15) is 0 Å². The smallest absolute Gasteiger partial charge is 0.0755 e. The summed E-state index contributed by atoms with van der Waals surface area (Å²) >= 11 is 0. The Hall–Kier alpha value is 0.250. The van der Waals surface area contributed by atoms with Crippen molar-refractivity contribution in [1.29, 1.82) is 0 Å². The molecule has 256 valence electrons. The van der Waals surface area contributed by atoms with Crippen LogP contribution in [0.5, 0.6) is 0 Å². The Morgan fingerprint density at radius 2 is 0.357 bits per heavy atom. The van der Waals surface area contributed by atoms with Gasteiger partial charge < -0.3 is 17.7 Å². The van der Waals surface area contributed by atoms with Gasteiger partial charge in [-0.15, -0.1) is 0 Å². The van der Waals surface area contributed by atoms with Crippen molar-refractivity contribution in [2.24, 2.45) is 0 Å². The number of halogens is 1. The highest BCUT2D eigenvalue weighted by Gasteiger charge is 1.98. The number of rotatable bonds is 38. The van der Waals surface area contributed by atoms with E-state index in [2.05, 4.69) is 19.2 Å². The van der Waals surface area contributed by atoms with Gasteiger partial charge >= 0.3 is 0 Å². The van der Waals surface area contributed by atoms with Gasteiger partial charge in [0.15, 0.2) is 0 Å². The second-order valence-electron chi connectivity index (χ2n) is 13.9. The van der Waals surface area contributed by atoms with Crippen molar-refractivity contribution in [3.8, 4) is 0 Å². The molecule has 0 fully saturated rings. The molecule has 0 aliphatic rings. The molecule has 0 spiro atoms. The first-order chi connectivity index (χ1) is 20.4. The van der Waals surface area contributed by atoms with Gasteiger partial charge in [0.25, 0.3) is 0 Å². The summed E-state index contributed by atoms with van der Waals surface area (Å²) in [5, 5.41) is 2.60. The van der Waals surface area contributed by atoms with Gasteiger partial charge in [-0.1, -0.05) is 219 Å². The lowest BCUT2D eigenvalue weighted by Gasteiger charge is -2.05. The van der Waals surface area contributed by atoms with Crippen molar-refractivity contribution >= 4 is 0 Å². The van der Waals surface area contributed by atoms with Gasteiger partial charge in [0, 0.05) is 0 Å². The van der Waals surface area contributed by atoms with Crippen LogP contribution in [0, 0.1) is 0 Å². The highest BCUT2D eigenvalue weighted by Crippen LogP contribution is 2.15. The van der Waals surface area contributed by atoms with Crippen molar-refractivity contribution in [2.75, 3.05) is 13.1 Å². The fourth-order valence-electron chi connectivity index (χ4n) is 6.52. The first kappa shape index (κ1) is 44.4. The van der Waals surface area contributed by atoms with Gasteiger partial charge in [0.2, 0.25) is 0 Å². The average Bonchev–Trinajstić information content (AvgIpc) is 2.98. The van der Waals surface area contributed by atoms with Crippen molar-refractivity contribution in [3.63, 3.8) is 0 Å². The minimum Gasteiger partial charge on any atom is -1.00 e. The number of hydrogen-bond acceptors (Lipinski definition) is 0. The molecule has 2 heteroatoms. The molecular weight excluding hydrogens is 530 g/mol. The lowest BCUT2D eigenvalue weighted by atomic mass is 10.0. The molecule has 2 N–H and O–H groups in total. The van der Waals surface area contributed by atoms with Gasteiger partial charge in [-0.3, -0.25) is 0 Å².